The van der Waals surface area contributed by atoms with Crippen molar-refractivity contribution in [1.29, 1.82) is 0 Å². The van der Waals surface area contributed by atoms with Crippen molar-refractivity contribution in [2.45, 2.75) is 38.3 Å². The molecule has 1 rings (SSSR count). The molecule has 0 saturated carbocycles. The van der Waals surface area contributed by atoms with Crippen LogP contribution in [0.25, 0.3) is 0 Å². The number of nitrogens with one attached hydrogen (secondary N) is 1. The molecular weight excluding hydrogens is 204 g/mol. The van der Waals surface area contributed by atoms with Crippen LogP contribution in [0.4, 0.5) is 0 Å². The summed E-state index contributed by atoms with van der Waals surface area (Å²) in [5.41, 5.74) is -0.633. The van der Waals surface area contributed by atoms with Gasteiger partial charge >= 0.3 is 0 Å². The van der Waals surface area contributed by atoms with E-state index in [9.17, 15) is 5.11 Å². The molecule has 1 aliphatic rings. The number of methoxy groups -OCH3 is 1. The molecule has 96 valence electrons. The summed E-state index contributed by atoms with van der Waals surface area (Å²) in [6, 6.07) is 0.583. The van der Waals surface area contributed by atoms with Gasteiger partial charge in [0, 0.05) is 32.8 Å². The molecular formula is C12H26N2O2. The second-order valence-corrected chi connectivity index (χ2v) is 5.33. The van der Waals surface area contributed by atoms with E-state index in [0.717, 1.165) is 26.2 Å². The minimum absolute atomic E-state index is 0.583. The number of aliphatic hydroxyl groups is 1. The minimum atomic E-state index is -0.633. The topological polar surface area (TPSA) is 44.7 Å². The fraction of sp³-hybridized carbons (Fsp3) is 1.00. The molecule has 16 heavy (non-hydrogen) atoms. The molecule has 1 saturated heterocycles. The lowest BCUT2D eigenvalue weighted by Crippen LogP contribution is -2.45. The Bertz CT molecular complexity index is 186. The molecule has 1 unspecified atom stereocenters. The molecule has 0 spiro atoms. The number of nitrogens with zero attached hydrogens (tertiary/aromatic N) is 1. The van der Waals surface area contributed by atoms with Gasteiger partial charge in [-0.3, -0.25) is 4.90 Å². The highest BCUT2D eigenvalue weighted by Crippen LogP contribution is 2.10. The lowest BCUT2D eigenvalue weighted by molar-refractivity contribution is 0.0250. The number of hydrogen-bond acceptors (Lipinski definition) is 4. The van der Waals surface area contributed by atoms with Gasteiger partial charge in [-0.05, 0) is 33.2 Å². The molecule has 4 heteroatoms. The first-order valence-electron chi connectivity index (χ1n) is 6.18. The standard InChI is InChI=1S/C12H26N2O2/c1-12(2,15)10-14(7-8-16-3)9-11-5-4-6-13-11/h11,13,15H,4-10H2,1-3H3. The Kier molecular flexibility index (Phi) is 5.69. The van der Waals surface area contributed by atoms with E-state index < -0.39 is 5.60 Å². The predicted molar refractivity (Wildman–Crippen MR) is 65.6 cm³/mol. The second-order valence-electron chi connectivity index (χ2n) is 5.33. The van der Waals surface area contributed by atoms with Gasteiger partial charge in [-0.25, -0.2) is 0 Å². The van der Waals surface area contributed by atoms with Crippen LogP contribution in [-0.2, 0) is 4.74 Å². The highest BCUT2D eigenvalue weighted by molar-refractivity contribution is 4.80. The van der Waals surface area contributed by atoms with Crippen molar-refractivity contribution in [3.8, 4) is 0 Å². The lowest BCUT2D eigenvalue weighted by Gasteiger charge is -2.30. The first-order chi connectivity index (χ1) is 7.51. The molecule has 1 heterocycles. The second kappa shape index (κ2) is 6.55. The maximum Gasteiger partial charge on any atom is 0.0718 e. The van der Waals surface area contributed by atoms with Crippen molar-refractivity contribution in [2.24, 2.45) is 0 Å². The van der Waals surface area contributed by atoms with Crippen LogP contribution in [0.1, 0.15) is 26.7 Å². The van der Waals surface area contributed by atoms with Crippen molar-refractivity contribution < 1.29 is 9.84 Å². The summed E-state index contributed by atoms with van der Waals surface area (Å²) in [4.78, 5) is 2.28. The Morgan fingerprint density at radius 3 is 2.75 bits per heavy atom. The van der Waals surface area contributed by atoms with E-state index in [0.29, 0.717) is 12.6 Å². The van der Waals surface area contributed by atoms with Crippen LogP contribution in [0.3, 0.4) is 0 Å². The SMILES string of the molecule is COCCN(CC1CCCN1)CC(C)(C)O. The Balaban J connectivity index is 2.35. The Hall–Kier alpha value is -0.160. The van der Waals surface area contributed by atoms with E-state index in [1.165, 1.54) is 12.8 Å². The van der Waals surface area contributed by atoms with E-state index in [-0.39, 0.29) is 0 Å². The molecule has 1 atom stereocenters. The molecule has 4 nitrogen and oxygen atoms in total. The Morgan fingerprint density at radius 2 is 2.25 bits per heavy atom. The lowest BCUT2D eigenvalue weighted by atomic mass is 10.1. The Morgan fingerprint density at radius 1 is 1.50 bits per heavy atom. The number of hydrogen-bond donors (Lipinski definition) is 2. The van der Waals surface area contributed by atoms with E-state index in [4.69, 9.17) is 4.74 Å². The van der Waals surface area contributed by atoms with Crippen molar-refractivity contribution >= 4 is 0 Å². The minimum Gasteiger partial charge on any atom is -0.389 e. The third-order valence-electron chi connectivity index (χ3n) is 2.86. The summed E-state index contributed by atoms with van der Waals surface area (Å²) in [5.74, 6) is 0. The Labute approximate surface area is 99.0 Å². The van der Waals surface area contributed by atoms with Crippen LogP contribution in [0.5, 0.6) is 0 Å². The summed E-state index contributed by atoms with van der Waals surface area (Å²) in [6.45, 7) is 8.17. The van der Waals surface area contributed by atoms with E-state index in [1.54, 1.807) is 7.11 Å². The highest BCUT2D eigenvalue weighted by atomic mass is 16.5. The maximum atomic E-state index is 9.86. The third-order valence-corrected chi connectivity index (χ3v) is 2.86. The van der Waals surface area contributed by atoms with E-state index in [2.05, 4.69) is 10.2 Å². The molecule has 0 radical (unpaired) electrons. The fourth-order valence-electron chi connectivity index (χ4n) is 2.23. The molecule has 1 aliphatic heterocycles. The summed E-state index contributed by atoms with van der Waals surface area (Å²) in [5, 5.41) is 13.3. The first-order valence-corrected chi connectivity index (χ1v) is 6.18. The zero-order valence-corrected chi connectivity index (χ0v) is 10.8. The van der Waals surface area contributed by atoms with Gasteiger partial charge in [-0.15, -0.1) is 0 Å². The zero-order chi connectivity index (χ0) is 12.0. The van der Waals surface area contributed by atoms with E-state index >= 15 is 0 Å². The number of rotatable bonds is 7. The largest absolute Gasteiger partial charge is 0.389 e. The quantitative estimate of drug-likeness (QED) is 0.667. The zero-order valence-electron chi connectivity index (χ0n) is 10.8. The van der Waals surface area contributed by atoms with Gasteiger partial charge in [0.05, 0.1) is 12.2 Å². The van der Waals surface area contributed by atoms with Gasteiger partial charge in [-0.1, -0.05) is 0 Å². The van der Waals surface area contributed by atoms with Crippen LogP contribution in [0.2, 0.25) is 0 Å². The summed E-state index contributed by atoms with van der Waals surface area (Å²) in [6.07, 6.45) is 2.51. The molecule has 0 aromatic heterocycles. The molecule has 0 aromatic rings. The van der Waals surface area contributed by atoms with Crippen molar-refractivity contribution in [1.82, 2.24) is 10.2 Å². The maximum absolute atomic E-state index is 9.86. The third kappa shape index (κ3) is 5.80. The van der Waals surface area contributed by atoms with Gasteiger partial charge in [0.15, 0.2) is 0 Å². The molecule has 0 aliphatic carbocycles. The van der Waals surface area contributed by atoms with Crippen molar-refractivity contribution in [3.05, 3.63) is 0 Å². The summed E-state index contributed by atoms with van der Waals surface area (Å²) in [7, 11) is 1.72. The van der Waals surface area contributed by atoms with Crippen LogP contribution in [-0.4, -0.2) is 61.5 Å². The van der Waals surface area contributed by atoms with Crippen molar-refractivity contribution in [3.63, 3.8) is 0 Å². The highest BCUT2D eigenvalue weighted by Gasteiger charge is 2.22. The normalized spacial score (nSPS) is 21.9. The van der Waals surface area contributed by atoms with Crippen molar-refractivity contribution in [2.75, 3.05) is 39.9 Å². The van der Waals surface area contributed by atoms with Gasteiger partial charge in [-0.2, -0.15) is 0 Å². The molecule has 0 amide bonds. The van der Waals surface area contributed by atoms with Gasteiger partial charge in [0.1, 0.15) is 0 Å². The monoisotopic (exact) mass is 230 g/mol. The smallest absolute Gasteiger partial charge is 0.0718 e. The predicted octanol–water partition coefficient (Wildman–Crippen LogP) is 0.458. The molecule has 0 bridgehead atoms. The first kappa shape index (κ1) is 13.9. The van der Waals surface area contributed by atoms with Gasteiger partial charge in [0.25, 0.3) is 0 Å². The average Bonchev–Trinajstić information content (AvgIpc) is 2.64. The van der Waals surface area contributed by atoms with Gasteiger partial charge < -0.3 is 15.2 Å². The van der Waals surface area contributed by atoms with E-state index in [1.807, 2.05) is 13.8 Å². The summed E-state index contributed by atoms with van der Waals surface area (Å²) >= 11 is 0. The molecule has 1 fully saturated rings. The van der Waals surface area contributed by atoms with Crippen LogP contribution >= 0.6 is 0 Å². The van der Waals surface area contributed by atoms with Crippen LogP contribution in [0.15, 0.2) is 0 Å². The summed E-state index contributed by atoms with van der Waals surface area (Å²) < 4.78 is 5.11. The molecule has 2 N–H and O–H groups in total. The van der Waals surface area contributed by atoms with Gasteiger partial charge in [0.2, 0.25) is 0 Å². The van der Waals surface area contributed by atoms with Crippen LogP contribution < -0.4 is 5.32 Å². The number of ether oxygens (including phenoxy) is 1. The average molecular weight is 230 g/mol. The molecule has 0 aromatic carbocycles. The van der Waals surface area contributed by atoms with Crippen LogP contribution in [0, 0.1) is 0 Å². The fourth-order valence-corrected chi connectivity index (χ4v) is 2.23.